The largest absolute Gasteiger partial charge is 0.335 e. The molecule has 4 nitrogen and oxygen atoms in total. The van der Waals surface area contributed by atoms with Crippen molar-refractivity contribution in [2.24, 2.45) is 0 Å². The van der Waals surface area contributed by atoms with Crippen LogP contribution in [0.4, 0.5) is 0 Å². The van der Waals surface area contributed by atoms with Crippen molar-refractivity contribution in [3.8, 4) is 0 Å². The summed E-state index contributed by atoms with van der Waals surface area (Å²) < 4.78 is 0.828. The average Bonchev–Trinajstić information content (AvgIpc) is 2.93. The zero-order valence-corrected chi connectivity index (χ0v) is 13.1. The molecule has 21 heavy (non-hydrogen) atoms. The van der Waals surface area contributed by atoms with E-state index in [-0.39, 0.29) is 5.91 Å². The van der Waals surface area contributed by atoms with Crippen LogP contribution >= 0.6 is 22.9 Å². The smallest absolute Gasteiger partial charge is 0.272 e. The van der Waals surface area contributed by atoms with Crippen LogP contribution in [0.5, 0.6) is 0 Å². The van der Waals surface area contributed by atoms with E-state index in [4.69, 9.17) is 11.6 Å². The van der Waals surface area contributed by atoms with Gasteiger partial charge in [0.05, 0.1) is 4.34 Å². The van der Waals surface area contributed by atoms with E-state index in [1.54, 1.807) is 23.6 Å². The highest BCUT2D eigenvalue weighted by Crippen LogP contribution is 2.23. The van der Waals surface area contributed by atoms with Crippen LogP contribution < -0.4 is 0 Å². The van der Waals surface area contributed by atoms with Crippen LogP contribution in [0.25, 0.3) is 0 Å². The molecule has 0 atom stereocenters. The number of hydrogen-bond donors (Lipinski definition) is 0. The van der Waals surface area contributed by atoms with Crippen molar-refractivity contribution >= 4 is 28.8 Å². The first kappa shape index (κ1) is 14.5. The first-order valence-electron chi connectivity index (χ1n) is 6.89. The minimum atomic E-state index is 0.0226. The standard InChI is InChI=1S/C15H16ClN3OS/c16-14-5-4-12(21-14)11-18-7-9-19(10-8-18)15(20)13-3-1-2-6-17-13/h1-6H,7-11H2. The van der Waals surface area contributed by atoms with Crippen LogP contribution in [0, 0.1) is 0 Å². The fourth-order valence-electron chi connectivity index (χ4n) is 2.42. The molecule has 0 bridgehead atoms. The fourth-order valence-corrected chi connectivity index (χ4v) is 3.55. The van der Waals surface area contributed by atoms with E-state index in [1.807, 2.05) is 23.1 Å². The van der Waals surface area contributed by atoms with Gasteiger partial charge in [0.1, 0.15) is 5.69 Å². The van der Waals surface area contributed by atoms with Crippen LogP contribution in [0.15, 0.2) is 36.5 Å². The van der Waals surface area contributed by atoms with E-state index < -0.39 is 0 Å². The Morgan fingerprint density at radius 3 is 2.62 bits per heavy atom. The van der Waals surface area contributed by atoms with Crippen molar-refractivity contribution < 1.29 is 4.79 Å². The predicted molar refractivity (Wildman–Crippen MR) is 84.7 cm³/mol. The number of amides is 1. The summed E-state index contributed by atoms with van der Waals surface area (Å²) in [4.78, 5) is 21.9. The fraction of sp³-hybridized carbons (Fsp3) is 0.333. The lowest BCUT2D eigenvalue weighted by Crippen LogP contribution is -2.48. The Balaban J connectivity index is 1.54. The van der Waals surface area contributed by atoms with Crippen molar-refractivity contribution in [2.45, 2.75) is 6.54 Å². The number of pyridine rings is 1. The van der Waals surface area contributed by atoms with Gasteiger partial charge in [-0.05, 0) is 24.3 Å². The van der Waals surface area contributed by atoms with Crippen molar-refractivity contribution in [1.29, 1.82) is 0 Å². The van der Waals surface area contributed by atoms with Crippen molar-refractivity contribution in [1.82, 2.24) is 14.8 Å². The first-order valence-corrected chi connectivity index (χ1v) is 8.09. The number of thiophene rings is 1. The minimum absolute atomic E-state index is 0.0226. The molecule has 0 aliphatic carbocycles. The predicted octanol–water partition coefficient (Wildman–Crippen LogP) is 2.75. The van der Waals surface area contributed by atoms with Gasteiger partial charge in [-0.25, -0.2) is 0 Å². The molecule has 0 saturated carbocycles. The highest BCUT2D eigenvalue weighted by Gasteiger charge is 2.22. The summed E-state index contributed by atoms with van der Waals surface area (Å²) in [5, 5.41) is 0. The summed E-state index contributed by atoms with van der Waals surface area (Å²) in [7, 11) is 0. The van der Waals surface area contributed by atoms with Gasteiger partial charge in [0.15, 0.2) is 0 Å². The lowest BCUT2D eigenvalue weighted by molar-refractivity contribution is 0.0624. The molecule has 0 radical (unpaired) electrons. The van der Waals surface area contributed by atoms with Gasteiger partial charge in [-0.2, -0.15) is 0 Å². The molecular weight excluding hydrogens is 306 g/mol. The van der Waals surface area contributed by atoms with Gasteiger partial charge >= 0.3 is 0 Å². The van der Waals surface area contributed by atoms with Gasteiger partial charge in [0, 0.05) is 43.8 Å². The van der Waals surface area contributed by atoms with Crippen molar-refractivity contribution in [3.63, 3.8) is 0 Å². The third kappa shape index (κ3) is 3.61. The monoisotopic (exact) mass is 321 g/mol. The van der Waals surface area contributed by atoms with E-state index in [1.165, 1.54) is 4.88 Å². The molecular formula is C15H16ClN3OS. The molecule has 1 aliphatic heterocycles. The molecule has 1 fully saturated rings. The molecule has 0 unspecified atom stereocenters. The molecule has 110 valence electrons. The van der Waals surface area contributed by atoms with Crippen molar-refractivity contribution in [2.75, 3.05) is 26.2 Å². The molecule has 1 amide bonds. The number of piperazine rings is 1. The molecule has 3 rings (SSSR count). The number of nitrogens with zero attached hydrogens (tertiary/aromatic N) is 3. The second kappa shape index (κ2) is 6.56. The molecule has 6 heteroatoms. The Labute approximate surface area is 133 Å². The number of halogens is 1. The molecule has 0 aromatic carbocycles. The highest BCUT2D eigenvalue weighted by atomic mass is 35.5. The number of carbonyl (C=O) groups is 1. The zero-order valence-electron chi connectivity index (χ0n) is 11.5. The van der Waals surface area contributed by atoms with E-state index >= 15 is 0 Å². The maximum Gasteiger partial charge on any atom is 0.272 e. The number of hydrogen-bond acceptors (Lipinski definition) is 4. The summed E-state index contributed by atoms with van der Waals surface area (Å²) in [5.41, 5.74) is 0.524. The normalized spacial score (nSPS) is 16.1. The van der Waals surface area contributed by atoms with E-state index in [0.29, 0.717) is 5.69 Å². The Kier molecular flexibility index (Phi) is 4.53. The van der Waals surface area contributed by atoms with Gasteiger partial charge in [-0.3, -0.25) is 14.7 Å². The summed E-state index contributed by atoms with van der Waals surface area (Å²) in [6.45, 7) is 4.16. The van der Waals surface area contributed by atoms with Crippen LogP contribution in [0.2, 0.25) is 4.34 Å². The van der Waals surface area contributed by atoms with Gasteiger partial charge in [-0.15, -0.1) is 11.3 Å². The Bertz CT molecular complexity index is 608. The number of aromatic nitrogens is 1. The average molecular weight is 322 g/mol. The summed E-state index contributed by atoms with van der Waals surface area (Å²) in [6.07, 6.45) is 1.66. The second-order valence-corrected chi connectivity index (χ2v) is 6.79. The highest BCUT2D eigenvalue weighted by molar-refractivity contribution is 7.16. The SMILES string of the molecule is O=C(c1ccccn1)N1CCN(Cc2ccc(Cl)s2)CC1. The van der Waals surface area contributed by atoms with Crippen molar-refractivity contribution in [3.05, 3.63) is 51.4 Å². The van der Waals surface area contributed by atoms with Gasteiger partial charge in [0.25, 0.3) is 5.91 Å². The number of carbonyl (C=O) groups excluding carboxylic acids is 1. The molecule has 1 aliphatic rings. The Morgan fingerprint density at radius 2 is 2.00 bits per heavy atom. The third-order valence-corrected chi connectivity index (χ3v) is 4.77. The zero-order chi connectivity index (χ0) is 14.7. The molecule has 2 aromatic heterocycles. The van der Waals surface area contributed by atoms with Gasteiger partial charge in [0.2, 0.25) is 0 Å². The van der Waals surface area contributed by atoms with Crippen LogP contribution in [0.1, 0.15) is 15.4 Å². The summed E-state index contributed by atoms with van der Waals surface area (Å²) in [6, 6.07) is 9.43. The maximum atomic E-state index is 12.3. The van der Waals surface area contributed by atoms with Gasteiger partial charge in [-0.1, -0.05) is 17.7 Å². The van der Waals surface area contributed by atoms with E-state index in [0.717, 1.165) is 37.1 Å². The lowest BCUT2D eigenvalue weighted by atomic mass is 10.2. The topological polar surface area (TPSA) is 36.4 Å². The quantitative estimate of drug-likeness (QED) is 0.872. The molecule has 0 N–H and O–H groups in total. The maximum absolute atomic E-state index is 12.3. The summed E-state index contributed by atoms with van der Waals surface area (Å²) in [5.74, 6) is 0.0226. The minimum Gasteiger partial charge on any atom is -0.335 e. The Morgan fingerprint density at radius 1 is 1.19 bits per heavy atom. The lowest BCUT2D eigenvalue weighted by Gasteiger charge is -2.34. The first-order chi connectivity index (χ1) is 10.2. The molecule has 1 saturated heterocycles. The molecule has 2 aromatic rings. The number of rotatable bonds is 3. The molecule has 3 heterocycles. The van der Waals surface area contributed by atoms with Gasteiger partial charge < -0.3 is 4.90 Å². The van der Waals surface area contributed by atoms with E-state index in [9.17, 15) is 4.79 Å². The van der Waals surface area contributed by atoms with Crippen LogP contribution in [-0.2, 0) is 6.54 Å². The Hall–Kier alpha value is -1.43. The van der Waals surface area contributed by atoms with Crippen LogP contribution in [0.3, 0.4) is 0 Å². The van der Waals surface area contributed by atoms with E-state index in [2.05, 4.69) is 16.0 Å². The molecule has 0 spiro atoms. The second-order valence-electron chi connectivity index (χ2n) is 4.99. The summed E-state index contributed by atoms with van der Waals surface area (Å²) >= 11 is 7.57. The third-order valence-electron chi connectivity index (χ3n) is 3.55. The van der Waals surface area contributed by atoms with Crippen LogP contribution in [-0.4, -0.2) is 46.9 Å².